The first kappa shape index (κ1) is 21.4. The Balaban J connectivity index is 2.03. The summed E-state index contributed by atoms with van der Waals surface area (Å²) < 4.78 is 5.11. The van der Waals surface area contributed by atoms with Crippen LogP contribution in [0.25, 0.3) is 0 Å². The average Bonchev–Trinajstić information content (AvgIpc) is 2.81. The predicted molar refractivity (Wildman–Crippen MR) is 103 cm³/mol. The van der Waals surface area contributed by atoms with Gasteiger partial charge in [-0.05, 0) is 45.4 Å². The summed E-state index contributed by atoms with van der Waals surface area (Å²) in [6, 6.07) is 6.33. The van der Waals surface area contributed by atoms with Crippen molar-refractivity contribution in [2.24, 2.45) is 0 Å². The van der Waals surface area contributed by atoms with Crippen molar-refractivity contribution < 1.29 is 23.9 Å². The zero-order valence-electron chi connectivity index (χ0n) is 16.9. The van der Waals surface area contributed by atoms with Crippen LogP contribution in [0.15, 0.2) is 24.3 Å². The van der Waals surface area contributed by atoms with Gasteiger partial charge in [0.2, 0.25) is 5.91 Å². The first-order chi connectivity index (χ1) is 13.0. The number of carbonyl (C=O) groups is 4. The molecule has 0 saturated carbocycles. The molecule has 0 bridgehead atoms. The number of rotatable bonds is 8. The number of carbonyl (C=O) groups excluding carboxylic acids is 4. The van der Waals surface area contributed by atoms with Gasteiger partial charge in [-0.25, -0.2) is 4.79 Å². The highest BCUT2D eigenvalue weighted by Gasteiger charge is 2.48. The SMILES string of the molecule is COc1ccc([C@@]2(C)NC(=O)N(CCC(=O)NC(C)(C)CC(C)=O)C2=O)cc1. The van der Waals surface area contributed by atoms with Gasteiger partial charge in [0.05, 0.1) is 7.11 Å². The Morgan fingerprint density at radius 3 is 2.36 bits per heavy atom. The van der Waals surface area contributed by atoms with Crippen molar-refractivity contribution in [3.05, 3.63) is 29.8 Å². The predicted octanol–water partition coefficient (Wildman–Crippen LogP) is 1.73. The zero-order chi connectivity index (χ0) is 21.1. The monoisotopic (exact) mass is 389 g/mol. The Labute approximate surface area is 164 Å². The fourth-order valence-corrected chi connectivity index (χ4v) is 3.34. The van der Waals surface area contributed by atoms with Crippen LogP contribution in [0.5, 0.6) is 5.75 Å². The van der Waals surface area contributed by atoms with E-state index in [1.54, 1.807) is 52.1 Å². The standard InChI is InChI=1S/C20H27N3O5/c1-13(24)12-19(2,3)21-16(25)10-11-23-17(26)20(4,22-18(23)27)14-6-8-15(28-5)9-7-14/h6-9H,10-12H2,1-5H3,(H,21,25)(H,22,27)/t20-/m1/s1. The topological polar surface area (TPSA) is 105 Å². The minimum atomic E-state index is -1.20. The van der Waals surface area contributed by atoms with Gasteiger partial charge in [0.15, 0.2) is 0 Å². The lowest BCUT2D eigenvalue weighted by atomic mass is 9.92. The van der Waals surface area contributed by atoms with E-state index in [-0.39, 0.29) is 31.1 Å². The highest BCUT2D eigenvalue weighted by molar-refractivity contribution is 6.07. The molecular weight excluding hydrogens is 362 g/mol. The third-order valence-electron chi connectivity index (χ3n) is 4.67. The van der Waals surface area contributed by atoms with Crippen LogP contribution in [-0.4, -0.2) is 47.7 Å². The van der Waals surface area contributed by atoms with Gasteiger partial charge in [-0.1, -0.05) is 12.1 Å². The maximum Gasteiger partial charge on any atom is 0.325 e. The third kappa shape index (κ3) is 4.68. The van der Waals surface area contributed by atoms with Gasteiger partial charge >= 0.3 is 6.03 Å². The summed E-state index contributed by atoms with van der Waals surface area (Å²) in [5.41, 5.74) is -1.26. The molecule has 4 amide bonds. The number of hydrogen-bond donors (Lipinski definition) is 2. The minimum Gasteiger partial charge on any atom is -0.497 e. The van der Waals surface area contributed by atoms with E-state index in [1.807, 2.05) is 0 Å². The van der Waals surface area contributed by atoms with Gasteiger partial charge in [0.1, 0.15) is 17.1 Å². The van der Waals surface area contributed by atoms with Gasteiger partial charge < -0.3 is 15.4 Å². The summed E-state index contributed by atoms with van der Waals surface area (Å²) in [5.74, 6) is -0.135. The van der Waals surface area contributed by atoms with E-state index in [1.165, 1.54) is 6.92 Å². The third-order valence-corrected chi connectivity index (χ3v) is 4.67. The molecule has 1 aliphatic rings. The van der Waals surface area contributed by atoms with Crippen LogP contribution < -0.4 is 15.4 Å². The quantitative estimate of drug-likeness (QED) is 0.659. The van der Waals surface area contributed by atoms with E-state index in [0.29, 0.717) is 11.3 Å². The number of urea groups is 1. The van der Waals surface area contributed by atoms with Crippen LogP contribution in [0, 0.1) is 0 Å². The van der Waals surface area contributed by atoms with E-state index in [4.69, 9.17) is 4.74 Å². The van der Waals surface area contributed by atoms with Crippen molar-refractivity contribution >= 4 is 23.6 Å². The molecule has 0 radical (unpaired) electrons. The molecule has 28 heavy (non-hydrogen) atoms. The van der Waals surface area contributed by atoms with Crippen molar-refractivity contribution in [2.45, 2.75) is 51.6 Å². The number of imide groups is 1. The fraction of sp³-hybridized carbons (Fsp3) is 0.500. The molecule has 1 aliphatic heterocycles. The summed E-state index contributed by atoms with van der Waals surface area (Å²) in [7, 11) is 1.55. The smallest absolute Gasteiger partial charge is 0.325 e. The molecule has 0 unspecified atom stereocenters. The first-order valence-corrected chi connectivity index (χ1v) is 9.07. The average molecular weight is 389 g/mol. The van der Waals surface area contributed by atoms with Crippen LogP contribution in [0.1, 0.15) is 46.1 Å². The lowest BCUT2D eigenvalue weighted by Crippen LogP contribution is -2.46. The molecule has 0 aliphatic carbocycles. The summed E-state index contributed by atoms with van der Waals surface area (Å²) in [4.78, 5) is 49.7. The second-order valence-corrected chi connectivity index (χ2v) is 7.80. The molecule has 1 atom stereocenters. The number of nitrogens with one attached hydrogen (secondary N) is 2. The van der Waals surface area contributed by atoms with Gasteiger partial charge in [0.25, 0.3) is 5.91 Å². The van der Waals surface area contributed by atoms with Crippen LogP contribution in [-0.2, 0) is 19.9 Å². The van der Waals surface area contributed by atoms with Crippen LogP contribution >= 0.6 is 0 Å². The number of ether oxygens (including phenoxy) is 1. The summed E-state index contributed by atoms with van der Waals surface area (Å²) in [6.07, 6.45) is 0.163. The van der Waals surface area contributed by atoms with Crippen LogP contribution in [0.3, 0.4) is 0 Å². The van der Waals surface area contributed by atoms with E-state index < -0.39 is 23.0 Å². The van der Waals surface area contributed by atoms with Crippen molar-refractivity contribution in [1.82, 2.24) is 15.5 Å². The molecule has 2 rings (SSSR count). The fourth-order valence-electron chi connectivity index (χ4n) is 3.34. The molecule has 2 N–H and O–H groups in total. The van der Waals surface area contributed by atoms with E-state index in [2.05, 4.69) is 10.6 Å². The molecule has 1 aromatic carbocycles. The minimum absolute atomic E-state index is 0.0327. The summed E-state index contributed by atoms with van der Waals surface area (Å²) >= 11 is 0. The number of nitrogens with zero attached hydrogens (tertiary/aromatic N) is 1. The molecule has 1 heterocycles. The highest BCUT2D eigenvalue weighted by atomic mass is 16.5. The van der Waals surface area contributed by atoms with Gasteiger partial charge in [-0.2, -0.15) is 0 Å². The van der Waals surface area contributed by atoms with Crippen molar-refractivity contribution in [1.29, 1.82) is 0 Å². The van der Waals surface area contributed by atoms with Crippen LogP contribution in [0.2, 0.25) is 0 Å². The second kappa shape index (κ2) is 8.00. The lowest BCUT2D eigenvalue weighted by molar-refractivity contribution is -0.131. The molecule has 0 spiro atoms. The Kier molecular flexibility index (Phi) is 6.11. The molecule has 152 valence electrons. The van der Waals surface area contributed by atoms with Gasteiger partial charge in [-0.3, -0.25) is 19.3 Å². The summed E-state index contributed by atoms with van der Waals surface area (Å²) in [5, 5.41) is 5.47. The zero-order valence-corrected chi connectivity index (χ0v) is 16.9. The van der Waals surface area contributed by atoms with Crippen molar-refractivity contribution in [3.8, 4) is 5.75 Å². The van der Waals surface area contributed by atoms with Crippen LogP contribution in [0.4, 0.5) is 4.79 Å². The maximum absolute atomic E-state index is 12.9. The van der Waals surface area contributed by atoms with Gasteiger partial charge in [0, 0.05) is 24.9 Å². The Morgan fingerprint density at radius 1 is 1.21 bits per heavy atom. The second-order valence-electron chi connectivity index (χ2n) is 7.80. The maximum atomic E-state index is 12.9. The Bertz CT molecular complexity index is 788. The molecule has 1 fully saturated rings. The summed E-state index contributed by atoms with van der Waals surface area (Å²) in [6.45, 7) is 6.55. The molecule has 8 heteroatoms. The molecule has 8 nitrogen and oxygen atoms in total. The Morgan fingerprint density at radius 2 is 1.82 bits per heavy atom. The van der Waals surface area contributed by atoms with Crippen molar-refractivity contribution in [3.63, 3.8) is 0 Å². The van der Waals surface area contributed by atoms with Crippen molar-refractivity contribution in [2.75, 3.05) is 13.7 Å². The highest BCUT2D eigenvalue weighted by Crippen LogP contribution is 2.30. The molecular formula is C20H27N3O5. The van der Waals surface area contributed by atoms with E-state index in [0.717, 1.165) is 4.90 Å². The number of amides is 4. The number of hydrogen-bond acceptors (Lipinski definition) is 5. The molecule has 1 saturated heterocycles. The van der Waals surface area contributed by atoms with E-state index in [9.17, 15) is 19.2 Å². The van der Waals surface area contributed by atoms with E-state index >= 15 is 0 Å². The number of Topliss-reactive ketones (excluding diaryl/α,β-unsaturated/α-hetero) is 1. The largest absolute Gasteiger partial charge is 0.497 e. The molecule has 0 aromatic heterocycles. The molecule has 1 aromatic rings. The number of ketones is 1. The normalized spacial score (nSPS) is 19.4. The Hall–Kier alpha value is -2.90. The van der Waals surface area contributed by atoms with Gasteiger partial charge in [-0.15, -0.1) is 0 Å². The number of methoxy groups -OCH3 is 1. The lowest BCUT2D eigenvalue weighted by Gasteiger charge is -2.25. The number of benzene rings is 1. The first-order valence-electron chi connectivity index (χ1n) is 9.07.